The van der Waals surface area contributed by atoms with Crippen LogP contribution in [0.4, 0.5) is 4.39 Å². The summed E-state index contributed by atoms with van der Waals surface area (Å²) in [5.74, 6) is 0.0160. The van der Waals surface area contributed by atoms with Crippen LogP contribution in [0.2, 0.25) is 0 Å². The number of benzene rings is 2. The van der Waals surface area contributed by atoms with Gasteiger partial charge in [-0.2, -0.15) is 0 Å². The zero-order valence-electron chi connectivity index (χ0n) is 20.8. The zero-order chi connectivity index (χ0) is 25.7. The summed E-state index contributed by atoms with van der Waals surface area (Å²) in [4.78, 5) is 20.8. The Kier molecular flexibility index (Phi) is 6.36. The Balaban J connectivity index is 1.29. The van der Waals surface area contributed by atoms with Crippen LogP contribution in [0.25, 0.3) is 26.4 Å². The number of carbonyl (C=O) groups excluding carboxylic acids is 1. The molecule has 4 aromatic rings. The second kappa shape index (κ2) is 9.68. The zero-order valence-corrected chi connectivity index (χ0v) is 21.6. The van der Waals surface area contributed by atoms with Gasteiger partial charge in [-0.25, -0.2) is 9.37 Å². The molecule has 2 aromatic carbocycles. The van der Waals surface area contributed by atoms with Crippen LogP contribution in [0.15, 0.2) is 36.5 Å². The minimum absolute atomic E-state index is 0.0497. The number of aliphatic hydroxyl groups is 1. The van der Waals surface area contributed by atoms with Crippen molar-refractivity contribution in [1.82, 2.24) is 24.9 Å². The number of ether oxygens (including phenoxy) is 1. The molecule has 0 unspecified atom stereocenters. The van der Waals surface area contributed by atoms with E-state index in [0.717, 1.165) is 41.7 Å². The van der Waals surface area contributed by atoms with Gasteiger partial charge in [0, 0.05) is 36.5 Å². The van der Waals surface area contributed by atoms with E-state index in [1.807, 2.05) is 28.8 Å². The fourth-order valence-electron chi connectivity index (χ4n) is 5.34. The minimum Gasteiger partial charge on any atom is -0.496 e. The smallest absolute Gasteiger partial charge is 0.255 e. The number of amides is 1. The summed E-state index contributed by atoms with van der Waals surface area (Å²) >= 11 is 1.45. The van der Waals surface area contributed by atoms with E-state index in [0.29, 0.717) is 40.5 Å². The number of fused-ring (bicyclic) bond motifs is 3. The fourth-order valence-corrected chi connectivity index (χ4v) is 6.37. The number of thiazole rings is 1. The number of likely N-dealkylation sites (tertiary alicyclic amines) is 1. The Morgan fingerprint density at radius 2 is 2.08 bits per heavy atom. The number of nitrogens with zero attached hydrogens (tertiary/aromatic N) is 3. The van der Waals surface area contributed by atoms with Crippen LogP contribution in [-0.2, 0) is 0 Å². The predicted molar refractivity (Wildman–Crippen MR) is 142 cm³/mol. The van der Waals surface area contributed by atoms with Gasteiger partial charge in [-0.3, -0.25) is 9.20 Å². The Morgan fingerprint density at radius 3 is 2.78 bits per heavy atom. The van der Waals surface area contributed by atoms with Gasteiger partial charge in [0.05, 0.1) is 34.7 Å². The highest BCUT2D eigenvalue weighted by atomic mass is 32.1. The highest BCUT2D eigenvalue weighted by Crippen LogP contribution is 2.35. The normalized spacial score (nSPS) is 21.2. The van der Waals surface area contributed by atoms with E-state index in [1.54, 1.807) is 13.2 Å². The second-order valence-corrected chi connectivity index (χ2v) is 11.1. The molecule has 0 saturated carbocycles. The molecular weight excluding hydrogens is 493 g/mol. The average Bonchev–Trinajstić information content (AvgIpc) is 3.59. The highest BCUT2D eigenvalue weighted by Gasteiger charge is 2.25. The van der Waals surface area contributed by atoms with E-state index in [9.17, 15) is 9.90 Å². The number of nitrogens with one attached hydrogen (secondary N) is 2. The molecule has 3 N–H and O–H groups in total. The van der Waals surface area contributed by atoms with Crippen LogP contribution in [0.3, 0.4) is 0 Å². The van der Waals surface area contributed by atoms with Gasteiger partial charge < -0.3 is 25.4 Å². The molecule has 6 rings (SSSR count). The Hall–Kier alpha value is -3.05. The number of aromatic nitrogens is 2. The van der Waals surface area contributed by atoms with E-state index in [4.69, 9.17) is 9.72 Å². The van der Waals surface area contributed by atoms with Gasteiger partial charge in [-0.05, 0) is 63.2 Å². The predicted octanol–water partition coefficient (Wildman–Crippen LogP) is 3.58. The highest BCUT2D eigenvalue weighted by molar-refractivity contribution is 7.23. The maximum Gasteiger partial charge on any atom is 0.255 e. The van der Waals surface area contributed by atoms with E-state index in [1.165, 1.54) is 17.4 Å². The summed E-state index contributed by atoms with van der Waals surface area (Å²) in [7, 11) is 3.66. The van der Waals surface area contributed by atoms with Gasteiger partial charge in [-0.1, -0.05) is 17.4 Å². The van der Waals surface area contributed by atoms with Crippen molar-refractivity contribution < 1.29 is 19.0 Å². The maximum atomic E-state index is 15.1. The summed E-state index contributed by atoms with van der Waals surface area (Å²) in [5, 5.41) is 16.2. The van der Waals surface area contributed by atoms with Crippen LogP contribution in [0.5, 0.6) is 5.75 Å². The topological polar surface area (TPSA) is 91.1 Å². The molecule has 10 heteroatoms. The summed E-state index contributed by atoms with van der Waals surface area (Å²) in [6, 6.07) is 8.97. The summed E-state index contributed by atoms with van der Waals surface area (Å²) < 4.78 is 23.5. The number of halogens is 1. The lowest BCUT2D eigenvalue weighted by atomic mass is 10.0. The lowest BCUT2D eigenvalue weighted by Gasteiger charge is -2.29. The molecule has 0 radical (unpaired) electrons. The SMILES string of the molecule is COc1cc2c(cc1C(=O)NC1CCN(C)CC1)sc1nc(-c3ccc([C@H]4C[C@@H](O)CN4)cc3F)cn12. The first-order valence-electron chi connectivity index (χ1n) is 12.6. The van der Waals surface area contributed by atoms with Gasteiger partial charge in [0.25, 0.3) is 5.91 Å². The Labute approximate surface area is 218 Å². The van der Waals surface area contributed by atoms with Crippen LogP contribution in [-0.4, -0.2) is 71.2 Å². The van der Waals surface area contributed by atoms with Crippen molar-refractivity contribution in [1.29, 1.82) is 0 Å². The summed E-state index contributed by atoms with van der Waals surface area (Å²) in [6.45, 7) is 2.45. The lowest BCUT2D eigenvalue weighted by Crippen LogP contribution is -2.43. The largest absolute Gasteiger partial charge is 0.496 e. The van der Waals surface area contributed by atoms with E-state index < -0.39 is 6.10 Å². The molecule has 0 spiro atoms. The van der Waals surface area contributed by atoms with Gasteiger partial charge in [0.2, 0.25) is 0 Å². The van der Waals surface area contributed by atoms with Crippen molar-refractivity contribution in [2.24, 2.45) is 0 Å². The monoisotopic (exact) mass is 523 g/mol. The first-order valence-corrected chi connectivity index (χ1v) is 13.4. The number of carbonyl (C=O) groups is 1. The number of aliphatic hydroxyl groups excluding tert-OH is 1. The Morgan fingerprint density at radius 1 is 1.27 bits per heavy atom. The molecular formula is C27H30FN5O3S. The third kappa shape index (κ3) is 4.59. The van der Waals surface area contributed by atoms with Crippen LogP contribution in [0.1, 0.15) is 41.2 Å². The molecule has 4 heterocycles. The maximum absolute atomic E-state index is 15.1. The molecule has 2 saturated heterocycles. The molecule has 2 aliphatic heterocycles. The van der Waals surface area contributed by atoms with E-state index >= 15 is 4.39 Å². The summed E-state index contributed by atoms with van der Waals surface area (Å²) in [6.07, 6.45) is 3.85. The molecule has 1 amide bonds. The van der Waals surface area contributed by atoms with Gasteiger partial charge in [0.1, 0.15) is 11.6 Å². The first-order chi connectivity index (χ1) is 17.9. The van der Waals surface area contributed by atoms with Gasteiger partial charge in [-0.15, -0.1) is 0 Å². The lowest BCUT2D eigenvalue weighted by molar-refractivity contribution is 0.0914. The van der Waals surface area contributed by atoms with Crippen molar-refractivity contribution in [3.8, 4) is 17.0 Å². The third-order valence-electron chi connectivity index (χ3n) is 7.49. The van der Waals surface area contributed by atoms with Crippen molar-refractivity contribution in [3.05, 3.63) is 53.5 Å². The quantitative estimate of drug-likeness (QED) is 0.371. The number of rotatable bonds is 5. The number of imidazole rings is 1. The fraction of sp³-hybridized carbons (Fsp3) is 0.407. The van der Waals surface area contributed by atoms with E-state index in [-0.39, 0.29) is 23.8 Å². The van der Waals surface area contributed by atoms with Crippen molar-refractivity contribution in [2.45, 2.75) is 37.5 Å². The van der Waals surface area contributed by atoms with Crippen LogP contribution in [0, 0.1) is 5.82 Å². The first kappa shape index (κ1) is 24.3. The molecule has 2 aromatic heterocycles. The third-order valence-corrected chi connectivity index (χ3v) is 8.51. The van der Waals surface area contributed by atoms with E-state index in [2.05, 4.69) is 22.6 Å². The molecule has 0 bridgehead atoms. The van der Waals surface area contributed by atoms with Crippen molar-refractivity contribution >= 4 is 32.4 Å². The molecule has 2 fully saturated rings. The number of hydrogen-bond donors (Lipinski definition) is 3. The summed E-state index contributed by atoms with van der Waals surface area (Å²) in [5.41, 5.74) is 3.14. The number of methoxy groups -OCH3 is 1. The molecule has 0 aliphatic carbocycles. The van der Waals surface area contributed by atoms with Gasteiger partial charge >= 0.3 is 0 Å². The van der Waals surface area contributed by atoms with Crippen LogP contribution >= 0.6 is 11.3 Å². The Bertz CT molecular complexity index is 1480. The molecule has 2 atom stereocenters. The standard InChI is InChI=1S/C27H30FN5O3S/c1-32-7-5-16(6-8-32)30-26(35)19-11-25-23(12-24(19)36-2)33-14-22(31-27(33)37-25)18-4-3-15(9-20(18)28)21-10-17(34)13-29-21/h3-4,9,11-12,14,16-17,21,29,34H,5-8,10,13H2,1-2H3,(H,30,35)/t17-,21-/m1/s1. The van der Waals surface area contributed by atoms with Crippen LogP contribution < -0.4 is 15.4 Å². The molecule has 194 valence electrons. The van der Waals surface area contributed by atoms with Gasteiger partial charge in [0.15, 0.2) is 4.96 Å². The second-order valence-electron chi connectivity index (χ2n) is 10.0. The molecule has 2 aliphatic rings. The average molecular weight is 524 g/mol. The minimum atomic E-state index is -0.404. The number of piperidine rings is 1. The molecule has 37 heavy (non-hydrogen) atoms. The van der Waals surface area contributed by atoms with Crippen molar-refractivity contribution in [3.63, 3.8) is 0 Å². The molecule has 8 nitrogen and oxygen atoms in total. The number of β-amino-alcohol motifs (C(OH)–C–C–N with tert-alkyl or cyclic N) is 1. The number of hydrogen-bond acceptors (Lipinski definition) is 7. The van der Waals surface area contributed by atoms with Crippen molar-refractivity contribution in [2.75, 3.05) is 33.8 Å².